The molecule has 2 atom stereocenters. The largest absolute Gasteiger partial charge is 0.480 e. The molecule has 30 heavy (non-hydrogen) atoms. The summed E-state index contributed by atoms with van der Waals surface area (Å²) >= 11 is 0. The molecule has 0 fully saturated rings. The summed E-state index contributed by atoms with van der Waals surface area (Å²) in [6.45, 7) is 5.51. The van der Waals surface area contributed by atoms with Crippen molar-refractivity contribution in [2.24, 2.45) is 5.73 Å². The number of ketones is 1. The van der Waals surface area contributed by atoms with E-state index in [4.69, 9.17) is 10.8 Å². The van der Waals surface area contributed by atoms with Crippen molar-refractivity contribution in [3.8, 4) is 0 Å². The molecular weight excluding hydrogens is 392 g/mol. The van der Waals surface area contributed by atoms with Gasteiger partial charge in [0, 0.05) is 31.8 Å². The van der Waals surface area contributed by atoms with Crippen molar-refractivity contribution in [3.05, 3.63) is 0 Å². The summed E-state index contributed by atoms with van der Waals surface area (Å²) in [7, 11) is 0. The summed E-state index contributed by atoms with van der Waals surface area (Å²) in [6, 6.07) is -1.56. The lowest BCUT2D eigenvalue weighted by Crippen LogP contribution is -2.44. The van der Waals surface area contributed by atoms with Crippen LogP contribution in [0.4, 0.5) is 0 Å². The van der Waals surface area contributed by atoms with E-state index >= 15 is 0 Å². The Labute approximate surface area is 177 Å². The summed E-state index contributed by atoms with van der Waals surface area (Å²) in [4.78, 5) is 57.2. The predicted molar refractivity (Wildman–Crippen MR) is 111 cm³/mol. The molecule has 6 N–H and O–H groups in total. The fourth-order valence-electron chi connectivity index (χ4n) is 2.80. The number of Topliss-reactive ketones (excluding diaryl/α,β-unsaturated/α-hetero) is 1. The fraction of sp³-hybridized carbons (Fsp3) is 0.750. The van der Waals surface area contributed by atoms with Crippen LogP contribution in [0.2, 0.25) is 0 Å². The van der Waals surface area contributed by atoms with E-state index in [1.807, 2.05) is 13.8 Å². The molecule has 10 heteroatoms. The van der Waals surface area contributed by atoms with Crippen LogP contribution >= 0.6 is 0 Å². The number of unbranched alkanes of at least 4 members (excludes halogenated alkanes) is 1. The molecule has 0 aromatic carbocycles. The van der Waals surface area contributed by atoms with Crippen LogP contribution in [0.1, 0.15) is 72.1 Å². The van der Waals surface area contributed by atoms with Gasteiger partial charge in [-0.1, -0.05) is 13.8 Å². The first-order chi connectivity index (χ1) is 14.0. The van der Waals surface area contributed by atoms with E-state index in [-0.39, 0.29) is 42.9 Å². The monoisotopic (exact) mass is 428 g/mol. The molecule has 0 aliphatic carbocycles. The average Bonchev–Trinajstić information content (AvgIpc) is 2.62. The number of primary amides is 1. The van der Waals surface area contributed by atoms with Gasteiger partial charge in [0.05, 0.1) is 0 Å². The summed E-state index contributed by atoms with van der Waals surface area (Å²) in [6.07, 6.45) is 2.68. The maximum atomic E-state index is 11.9. The number of carbonyl (C=O) groups excluding carboxylic acids is 4. The van der Waals surface area contributed by atoms with E-state index < -0.39 is 24.0 Å². The van der Waals surface area contributed by atoms with Gasteiger partial charge in [0.15, 0.2) is 0 Å². The van der Waals surface area contributed by atoms with E-state index in [9.17, 15) is 24.0 Å². The second-order valence-electron chi connectivity index (χ2n) is 7.67. The molecule has 0 aromatic rings. The van der Waals surface area contributed by atoms with Crippen molar-refractivity contribution in [2.75, 3.05) is 6.54 Å². The molecule has 0 rings (SSSR count). The summed E-state index contributed by atoms with van der Waals surface area (Å²) in [5.41, 5.74) is 5.32. The maximum absolute atomic E-state index is 11.9. The highest BCUT2D eigenvalue weighted by atomic mass is 16.4. The molecule has 0 spiro atoms. The van der Waals surface area contributed by atoms with E-state index in [2.05, 4.69) is 16.0 Å². The van der Waals surface area contributed by atoms with Gasteiger partial charge >= 0.3 is 5.97 Å². The van der Waals surface area contributed by atoms with Crippen LogP contribution in [-0.2, 0) is 24.0 Å². The van der Waals surface area contributed by atoms with Gasteiger partial charge in [-0.05, 0) is 39.0 Å². The lowest BCUT2D eigenvalue weighted by Gasteiger charge is -2.17. The molecule has 172 valence electrons. The number of hydrogen-bond donors (Lipinski definition) is 5. The van der Waals surface area contributed by atoms with Crippen LogP contribution < -0.4 is 21.7 Å². The van der Waals surface area contributed by atoms with Gasteiger partial charge in [0.2, 0.25) is 17.7 Å². The Morgan fingerprint density at radius 1 is 0.867 bits per heavy atom. The quantitative estimate of drug-likeness (QED) is 0.207. The molecule has 10 nitrogen and oxygen atoms in total. The minimum Gasteiger partial charge on any atom is -0.480 e. The second-order valence-corrected chi connectivity index (χ2v) is 7.67. The smallest absolute Gasteiger partial charge is 0.320 e. The zero-order valence-electron chi connectivity index (χ0n) is 18.2. The second kappa shape index (κ2) is 15.4. The number of carboxylic acids is 1. The predicted octanol–water partition coefficient (Wildman–Crippen LogP) is 0.234. The standard InChI is InChI=1S/C20H36N4O6/c1-13(2)23-16(20(29)30)10-11-17(26)22-12-5-4-8-15(19(21)28)24-18(27)9-6-7-14(3)25/h13,15-16,23H,4-12H2,1-3H3,(H2,21,28)(H,22,26)(H,24,27)(H,29,30). The number of nitrogens with one attached hydrogen (secondary N) is 3. The highest BCUT2D eigenvalue weighted by Gasteiger charge is 2.19. The Morgan fingerprint density at radius 3 is 2.07 bits per heavy atom. The number of nitrogens with two attached hydrogens (primary N) is 1. The number of amides is 3. The third-order valence-corrected chi connectivity index (χ3v) is 4.35. The minimum atomic E-state index is -0.989. The lowest BCUT2D eigenvalue weighted by molar-refractivity contribution is -0.140. The number of carboxylic acid groups (broad SMARTS) is 1. The van der Waals surface area contributed by atoms with Crippen LogP contribution in [0, 0.1) is 0 Å². The molecule has 0 saturated carbocycles. The van der Waals surface area contributed by atoms with Gasteiger partial charge in [-0.25, -0.2) is 0 Å². The average molecular weight is 429 g/mol. The molecule has 2 unspecified atom stereocenters. The molecule has 0 saturated heterocycles. The molecular formula is C20H36N4O6. The van der Waals surface area contributed by atoms with Crippen LogP contribution in [0.15, 0.2) is 0 Å². The van der Waals surface area contributed by atoms with Crippen LogP contribution in [-0.4, -0.2) is 59.3 Å². The van der Waals surface area contributed by atoms with Gasteiger partial charge < -0.3 is 31.6 Å². The summed E-state index contributed by atoms with van der Waals surface area (Å²) < 4.78 is 0. The van der Waals surface area contributed by atoms with E-state index in [1.165, 1.54) is 6.92 Å². The molecule has 0 aromatic heterocycles. The zero-order valence-corrected chi connectivity index (χ0v) is 18.2. The van der Waals surface area contributed by atoms with E-state index in [0.717, 1.165) is 0 Å². The van der Waals surface area contributed by atoms with Crippen LogP contribution in [0.25, 0.3) is 0 Å². The third kappa shape index (κ3) is 14.5. The van der Waals surface area contributed by atoms with Gasteiger partial charge in [0.1, 0.15) is 17.9 Å². The zero-order chi connectivity index (χ0) is 23.1. The number of carbonyl (C=O) groups is 5. The normalized spacial score (nSPS) is 12.8. The van der Waals surface area contributed by atoms with Gasteiger partial charge in [-0.15, -0.1) is 0 Å². The lowest BCUT2D eigenvalue weighted by atomic mass is 10.1. The Morgan fingerprint density at radius 2 is 1.53 bits per heavy atom. The first-order valence-electron chi connectivity index (χ1n) is 10.4. The highest BCUT2D eigenvalue weighted by Crippen LogP contribution is 2.04. The van der Waals surface area contributed by atoms with Crippen molar-refractivity contribution in [2.45, 2.75) is 90.3 Å². The van der Waals surface area contributed by atoms with Crippen LogP contribution in [0.5, 0.6) is 0 Å². The third-order valence-electron chi connectivity index (χ3n) is 4.35. The molecule has 0 aliphatic rings. The first kappa shape index (κ1) is 27.5. The SMILES string of the molecule is CC(=O)CCCC(=O)NC(CCCCNC(=O)CCC(NC(C)C)C(=O)O)C(N)=O. The van der Waals surface area contributed by atoms with Gasteiger partial charge in [-0.3, -0.25) is 19.2 Å². The first-order valence-corrected chi connectivity index (χ1v) is 10.4. The Kier molecular flexibility index (Phi) is 14.1. The van der Waals surface area contributed by atoms with Crippen molar-refractivity contribution in [1.82, 2.24) is 16.0 Å². The fourth-order valence-corrected chi connectivity index (χ4v) is 2.80. The number of hydrogen-bond acceptors (Lipinski definition) is 6. The molecule has 0 radical (unpaired) electrons. The van der Waals surface area contributed by atoms with Crippen molar-refractivity contribution >= 4 is 29.5 Å². The van der Waals surface area contributed by atoms with Crippen molar-refractivity contribution < 1.29 is 29.1 Å². The van der Waals surface area contributed by atoms with Gasteiger partial charge in [-0.2, -0.15) is 0 Å². The van der Waals surface area contributed by atoms with E-state index in [0.29, 0.717) is 38.6 Å². The van der Waals surface area contributed by atoms with Gasteiger partial charge in [0.25, 0.3) is 0 Å². The summed E-state index contributed by atoms with van der Waals surface area (Å²) in [5, 5.41) is 17.3. The molecule has 0 bridgehead atoms. The molecule has 0 heterocycles. The Bertz CT molecular complexity index is 594. The number of aliphatic carboxylic acids is 1. The Hall–Kier alpha value is -2.49. The van der Waals surface area contributed by atoms with Crippen LogP contribution in [0.3, 0.4) is 0 Å². The molecule has 3 amide bonds. The maximum Gasteiger partial charge on any atom is 0.320 e. The minimum absolute atomic E-state index is 0.00184. The topological polar surface area (TPSA) is 168 Å². The van der Waals surface area contributed by atoms with E-state index in [1.54, 1.807) is 0 Å². The number of rotatable bonds is 17. The molecule has 0 aliphatic heterocycles. The Balaban J connectivity index is 4.09. The summed E-state index contributed by atoms with van der Waals surface area (Å²) in [5.74, 6) is -2.17. The van der Waals surface area contributed by atoms with Crippen molar-refractivity contribution in [1.29, 1.82) is 0 Å². The highest BCUT2D eigenvalue weighted by molar-refractivity contribution is 5.86. The van der Waals surface area contributed by atoms with Crippen molar-refractivity contribution in [3.63, 3.8) is 0 Å².